The summed E-state index contributed by atoms with van der Waals surface area (Å²) in [6.45, 7) is 6.16. The Labute approximate surface area is 45.0 Å². The SMILES string of the molecule is CC(C)(C)CC#N. The Morgan fingerprint density at radius 3 is 1.86 bits per heavy atom. The minimum Gasteiger partial charge on any atom is -0.198 e. The summed E-state index contributed by atoms with van der Waals surface area (Å²) in [5, 5.41) is 8.15. The molecule has 0 saturated heterocycles. The molecule has 0 atom stereocenters. The molecular weight excluding hydrogens is 86.1 g/mol. The highest BCUT2D eigenvalue weighted by Gasteiger charge is 2.07. The van der Waals surface area contributed by atoms with Gasteiger partial charge in [0.15, 0.2) is 0 Å². The first-order valence-corrected chi connectivity index (χ1v) is 2.43. The van der Waals surface area contributed by atoms with E-state index in [1.807, 2.05) is 0 Å². The molecule has 0 aliphatic heterocycles. The third-order valence-electron chi connectivity index (χ3n) is 0.609. The molecular formula is C6H11N. The Kier molecular flexibility index (Phi) is 1.83. The van der Waals surface area contributed by atoms with Crippen molar-refractivity contribution in [1.82, 2.24) is 0 Å². The molecule has 0 saturated carbocycles. The van der Waals surface area contributed by atoms with Gasteiger partial charge in [0.2, 0.25) is 0 Å². The first-order chi connectivity index (χ1) is 3.06. The lowest BCUT2D eigenvalue weighted by Gasteiger charge is -2.10. The normalized spacial score (nSPS) is 10.6. The maximum Gasteiger partial charge on any atom is 0.0627 e. The van der Waals surface area contributed by atoms with E-state index < -0.39 is 0 Å². The largest absolute Gasteiger partial charge is 0.198 e. The number of rotatable bonds is 0. The summed E-state index contributed by atoms with van der Waals surface area (Å²) in [4.78, 5) is 0. The molecule has 0 rings (SSSR count). The molecule has 0 heterocycles. The van der Waals surface area contributed by atoms with Gasteiger partial charge in [-0.05, 0) is 5.41 Å². The third-order valence-corrected chi connectivity index (χ3v) is 0.609. The maximum absolute atomic E-state index is 8.15. The molecule has 40 valence electrons. The lowest BCUT2D eigenvalue weighted by molar-refractivity contribution is 0.426. The molecule has 1 heteroatoms. The van der Waals surface area contributed by atoms with E-state index >= 15 is 0 Å². The lowest BCUT2D eigenvalue weighted by atomic mass is 9.93. The molecule has 0 fully saturated rings. The van der Waals surface area contributed by atoms with Crippen LogP contribution < -0.4 is 0 Å². The van der Waals surface area contributed by atoms with E-state index in [1.165, 1.54) is 0 Å². The van der Waals surface area contributed by atoms with Crippen molar-refractivity contribution in [3.05, 3.63) is 0 Å². The number of nitriles is 1. The van der Waals surface area contributed by atoms with Crippen LogP contribution in [-0.2, 0) is 0 Å². The van der Waals surface area contributed by atoms with Gasteiger partial charge in [0.05, 0.1) is 6.07 Å². The van der Waals surface area contributed by atoms with Crippen molar-refractivity contribution >= 4 is 0 Å². The van der Waals surface area contributed by atoms with Crippen molar-refractivity contribution in [2.75, 3.05) is 0 Å². The van der Waals surface area contributed by atoms with Gasteiger partial charge in [-0.3, -0.25) is 0 Å². The van der Waals surface area contributed by atoms with Crippen LogP contribution in [0.5, 0.6) is 0 Å². The van der Waals surface area contributed by atoms with Crippen molar-refractivity contribution in [3.8, 4) is 6.07 Å². The summed E-state index contributed by atoms with van der Waals surface area (Å²) < 4.78 is 0. The zero-order valence-electron chi connectivity index (χ0n) is 5.15. The van der Waals surface area contributed by atoms with Crippen LogP contribution in [0.15, 0.2) is 0 Å². The second-order valence-electron chi connectivity index (χ2n) is 2.90. The average molecular weight is 97.2 g/mol. The van der Waals surface area contributed by atoms with Crippen molar-refractivity contribution in [3.63, 3.8) is 0 Å². The standard InChI is InChI=1S/C6H11N/c1-6(2,3)4-5-7/h4H2,1-3H3. The number of hydrogen-bond acceptors (Lipinski definition) is 1. The van der Waals surface area contributed by atoms with Crippen LogP contribution in [0.25, 0.3) is 0 Å². The minimum atomic E-state index is 0.189. The Morgan fingerprint density at radius 2 is 1.86 bits per heavy atom. The zero-order chi connectivity index (χ0) is 5.91. The molecule has 0 unspecified atom stereocenters. The first kappa shape index (κ1) is 6.49. The quantitative estimate of drug-likeness (QED) is 0.453. The van der Waals surface area contributed by atoms with Crippen LogP contribution in [-0.4, -0.2) is 0 Å². The highest BCUT2D eigenvalue weighted by molar-refractivity contribution is 4.78. The van der Waals surface area contributed by atoms with Gasteiger partial charge in [0.25, 0.3) is 0 Å². The molecule has 0 amide bonds. The molecule has 0 aromatic heterocycles. The smallest absolute Gasteiger partial charge is 0.0627 e. The van der Waals surface area contributed by atoms with Crippen molar-refractivity contribution in [1.29, 1.82) is 5.26 Å². The predicted octanol–water partition coefficient (Wildman–Crippen LogP) is 1.95. The molecule has 0 spiro atoms. The number of hydrogen-bond donors (Lipinski definition) is 0. The molecule has 0 aromatic carbocycles. The summed E-state index contributed by atoms with van der Waals surface area (Å²) in [6, 6.07) is 2.11. The molecule has 0 N–H and O–H groups in total. The Morgan fingerprint density at radius 1 is 1.43 bits per heavy atom. The number of nitrogens with zero attached hydrogens (tertiary/aromatic N) is 1. The van der Waals surface area contributed by atoms with Crippen LogP contribution in [0.3, 0.4) is 0 Å². The fourth-order valence-electron chi connectivity index (χ4n) is 0.237. The van der Waals surface area contributed by atoms with E-state index in [9.17, 15) is 0 Å². The van der Waals surface area contributed by atoms with Gasteiger partial charge in [-0.1, -0.05) is 20.8 Å². The molecule has 0 aliphatic carbocycles. The Balaban J connectivity index is 3.40. The molecule has 0 radical (unpaired) electrons. The van der Waals surface area contributed by atoms with Crippen LogP contribution in [0.1, 0.15) is 27.2 Å². The van der Waals surface area contributed by atoms with Gasteiger partial charge < -0.3 is 0 Å². The maximum atomic E-state index is 8.15. The van der Waals surface area contributed by atoms with E-state index in [0.717, 1.165) is 0 Å². The fraction of sp³-hybridized carbons (Fsp3) is 0.833. The predicted molar refractivity (Wildman–Crippen MR) is 29.7 cm³/mol. The average Bonchev–Trinajstić information content (AvgIpc) is 1.30. The van der Waals surface area contributed by atoms with Gasteiger partial charge in [0, 0.05) is 6.42 Å². The highest BCUT2D eigenvalue weighted by atomic mass is 14.3. The highest BCUT2D eigenvalue weighted by Crippen LogP contribution is 2.16. The van der Waals surface area contributed by atoms with Gasteiger partial charge >= 0.3 is 0 Å². The van der Waals surface area contributed by atoms with Crippen LogP contribution >= 0.6 is 0 Å². The van der Waals surface area contributed by atoms with Gasteiger partial charge in [-0.25, -0.2) is 0 Å². The lowest BCUT2D eigenvalue weighted by Crippen LogP contribution is -2.01. The van der Waals surface area contributed by atoms with E-state index in [-0.39, 0.29) is 5.41 Å². The zero-order valence-corrected chi connectivity index (χ0v) is 5.15. The Hall–Kier alpha value is -0.510. The van der Waals surface area contributed by atoms with Gasteiger partial charge in [0.1, 0.15) is 0 Å². The molecule has 0 bridgehead atoms. The second-order valence-corrected chi connectivity index (χ2v) is 2.90. The topological polar surface area (TPSA) is 23.8 Å². The van der Waals surface area contributed by atoms with E-state index in [1.54, 1.807) is 0 Å². The van der Waals surface area contributed by atoms with Gasteiger partial charge in [-0.15, -0.1) is 0 Å². The summed E-state index contributed by atoms with van der Waals surface area (Å²) in [6.07, 6.45) is 0.646. The van der Waals surface area contributed by atoms with Gasteiger partial charge in [-0.2, -0.15) is 5.26 Å². The summed E-state index contributed by atoms with van der Waals surface area (Å²) in [7, 11) is 0. The molecule has 0 aliphatic rings. The van der Waals surface area contributed by atoms with Crippen LogP contribution in [0.4, 0.5) is 0 Å². The fourth-order valence-corrected chi connectivity index (χ4v) is 0.237. The van der Waals surface area contributed by atoms with E-state index in [2.05, 4.69) is 26.8 Å². The van der Waals surface area contributed by atoms with Crippen molar-refractivity contribution in [2.45, 2.75) is 27.2 Å². The third kappa shape index (κ3) is 5.49. The first-order valence-electron chi connectivity index (χ1n) is 2.43. The summed E-state index contributed by atoms with van der Waals surface area (Å²) >= 11 is 0. The van der Waals surface area contributed by atoms with Crippen molar-refractivity contribution < 1.29 is 0 Å². The van der Waals surface area contributed by atoms with E-state index in [0.29, 0.717) is 6.42 Å². The molecule has 1 nitrogen and oxygen atoms in total. The second kappa shape index (κ2) is 1.97. The summed E-state index contributed by atoms with van der Waals surface area (Å²) in [5.41, 5.74) is 0.189. The van der Waals surface area contributed by atoms with E-state index in [4.69, 9.17) is 5.26 Å². The van der Waals surface area contributed by atoms with Crippen molar-refractivity contribution in [2.24, 2.45) is 5.41 Å². The Bertz CT molecular complexity index is 81.3. The summed E-state index contributed by atoms with van der Waals surface area (Å²) in [5.74, 6) is 0. The van der Waals surface area contributed by atoms with Crippen LogP contribution in [0.2, 0.25) is 0 Å². The molecule has 0 aromatic rings. The van der Waals surface area contributed by atoms with Crippen LogP contribution in [0, 0.1) is 16.7 Å². The monoisotopic (exact) mass is 97.1 g/mol. The minimum absolute atomic E-state index is 0.189. The molecule has 7 heavy (non-hydrogen) atoms.